The largest absolute Gasteiger partial charge is 0.481 e. The van der Waals surface area contributed by atoms with Gasteiger partial charge in [0.25, 0.3) is 0 Å². The van der Waals surface area contributed by atoms with E-state index in [-0.39, 0.29) is 6.42 Å². The Morgan fingerprint density at radius 1 is 1.18 bits per heavy atom. The van der Waals surface area contributed by atoms with Gasteiger partial charge in [-0.1, -0.05) is 30.0 Å². The summed E-state index contributed by atoms with van der Waals surface area (Å²) in [5.41, 5.74) is 0. The molecule has 0 radical (unpaired) electrons. The zero-order valence-corrected chi connectivity index (χ0v) is 9.94. The number of rotatable bonds is 5. The molecule has 0 aliphatic carbocycles. The van der Waals surface area contributed by atoms with Crippen LogP contribution in [0.4, 0.5) is 0 Å². The summed E-state index contributed by atoms with van der Waals surface area (Å²) in [6.07, 6.45) is 0.535. The number of carbonyl (C=O) groups is 1. The summed E-state index contributed by atoms with van der Waals surface area (Å²) in [5, 5.41) is 9.36. The molecule has 4 heteroatoms. The predicted molar refractivity (Wildman–Crippen MR) is 65.2 cm³/mol. The van der Waals surface area contributed by atoms with E-state index < -0.39 is 5.97 Å². The van der Waals surface area contributed by atoms with Gasteiger partial charge in [0, 0.05) is 11.3 Å². The second-order valence-electron chi connectivity index (χ2n) is 3.53. The van der Waals surface area contributed by atoms with Gasteiger partial charge in [0.2, 0.25) is 0 Å². The molecule has 0 bridgehead atoms. The van der Waals surface area contributed by atoms with Crippen LogP contribution in [0, 0.1) is 0 Å². The molecule has 0 fully saturated rings. The minimum atomic E-state index is -0.807. The van der Waals surface area contributed by atoms with Gasteiger partial charge < -0.3 is 9.52 Å². The topological polar surface area (TPSA) is 50.4 Å². The quantitative estimate of drug-likeness (QED) is 0.880. The van der Waals surface area contributed by atoms with Crippen LogP contribution in [0.25, 0.3) is 0 Å². The molecule has 1 aromatic carbocycles. The molecule has 0 unspecified atom stereocenters. The van der Waals surface area contributed by atoms with Crippen LogP contribution < -0.4 is 0 Å². The molecule has 2 rings (SSSR count). The lowest BCUT2D eigenvalue weighted by atomic mass is 10.2. The standard InChI is InChI=1S/C13H12O3S/c14-12(15)8-6-10-7-9-13(16-10)17-11-4-2-1-3-5-11/h1-5,7,9H,6,8H2,(H,14,15). The number of hydrogen-bond acceptors (Lipinski definition) is 3. The molecule has 1 N–H and O–H groups in total. The fourth-order valence-corrected chi connectivity index (χ4v) is 2.19. The van der Waals surface area contributed by atoms with E-state index in [1.807, 2.05) is 42.5 Å². The second-order valence-corrected chi connectivity index (χ2v) is 4.61. The number of carboxylic acid groups (broad SMARTS) is 1. The Morgan fingerprint density at radius 2 is 1.94 bits per heavy atom. The first-order chi connectivity index (χ1) is 8.24. The van der Waals surface area contributed by atoms with Crippen molar-refractivity contribution in [2.45, 2.75) is 22.8 Å². The van der Waals surface area contributed by atoms with Gasteiger partial charge in [-0.2, -0.15) is 0 Å². The first-order valence-electron chi connectivity index (χ1n) is 5.27. The maximum Gasteiger partial charge on any atom is 0.303 e. The number of carboxylic acids is 1. The Bertz CT molecular complexity index is 490. The Kier molecular flexibility index (Phi) is 3.88. The first-order valence-corrected chi connectivity index (χ1v) is 6.09. The van der Waals surface area contributed by atoms with Gasteiger partial charge in [-0.25, -0.2) is 0 Å². The number of hydrogen-bond donors (Lipinski definition) is 1. The monoisotopic (exact) mass is 248 g/mol. The summed E-state index contributed by atoms with van der Waals surface area (Å²) in [6.45, 7) is 0. The normalized spacial score (nSPS) is 10.4. The van der Waals surface area contributed by atoms with E-state index in [1.165, 1.54) is 11.8 Å². The minimum absolute atomic E-state index is 0.100. The third-order valence-electron chi connectivity index (χ3n) is 2.18. The van der Waals surface area contributed by atoms with E-state index in [0.717, 1.165) is 9.99 Å². The van der Waals surface area contributed by atoms with Gasteiger partial charge in [0.1, 0.15) is 5.76 Å². The molecular formula is C13H12O3S. The van der Waals surface area contributed by atoms with Crippen molar-refractivity contribution in [1.82, 2.24) is 0 Å². The molecule has 1 heterocycles. The highest BCUT2D eigenvalue weighted by atomic mass is 32.2. The van der Waals surface area contributed by atoms with Crippen LogP contribution in [0.3, 0.4) is 0 Å². The van der Waals surface area contributed by atoms with Crippen LogP contribution in [0.15, 0.2) is 56.9 Å². The average molecular weight is 248 g/mol. The summed E-state index contributed by atoms with van der Waals surface area (Å²) in [7, 11) is 0. The lowest BCUT2D eigenvalue weighted by molar-refractivity contribution is -0.137. The van der Waals surface area contributed by atoms with Crippen molar-refractivity contribution in [1.29, 1.82) is 0 Å². The molecule has 0 atom stereocenters. The van der Waals surface area contributed by atoms with E-state index in [4.69, 9.17) is 9.52 Å². The van der Waals surface area contributed by atoms with Gasteiger partial charge in [-0.3, -0.25) is 4.79 Å². The Labute approximate surface area is 103 Å². The molecule has 0 aliphatic rings. The van der Waals surface area contributed by atoms with Crippen LogP contribution in [0.5, 0.6) is 0 Å². The highest BCUT2D eigenvalue weighted by Crippen LogP contribution is 2.29. The lowest BCUT2D eigenvalue weighted by Gasteiger charge is -1.97. The minimum Gasteiger partial charge on any atom is -0.481 e. The van der Waals surface area contributed by atoms with Crippen LogP contribution in [-0.2, 0) is 11.2 Å². The SMILES string of the molecule is O=C(O)CCc1ccc(Sc2ccccc2)o1. The lowest BCUT2D eigenvalue weighted by Crippen LogP contribution is -1.95. The molecule has 3 nitrogen and oxygen atoms in total. The summed E-state index contributed by atoms with van der Waals surface area (Å²) in [6, 6.07) is 13.6. The summed E-state index contributed by atoms with van der Waals surface area (Å²) >= 11 is 1.53. The van der Waals surface area contributed by atoms with Gasteiger partial charge in [-0.05, 0) is 24.3 Å². The molecule has 88 valence electrons. The summed E-state index contributed by atoms with van der Waals surface area (Å²) < 4.78 is 5.54. The van der Waals surface area contributed by atoms with E-state index in [0.29, 0.717) is 12.2 Å². The van der Waals surface area contributed by atoms with Crippen molar-refractivity contribution in [3.63, 3.8) is 0 Å². The van der Waals surface area contributed by atoms with Crippen LogP contribution in [0.2, 0.25) is 0 Å². The Balaban J connectivity index is 1.97. The average Bonchev–Trinajstić information content (AvgIpc) is 2.75. The van der Waals surface area contributed by atoms with Crippen molar-refractivity contribution in [3.8, 4) is 0 Å². The molecule has 2 aromatic rings. The molecule has 0 spiro atoms. The molecule has 1 aromatic heterocycles. The Hall–Kier alpha value is -1.68. The van der Waals surface area contributed by atoms with Crippen LogP contribution in [-0.4, -0.2) is 11.1 Å². The predicted octanol–water partition coefficient (Wildman–Crippen LogP) is 3.45. The van der Waals surface area contributed by atoms with Crippen molar-refractivity contribution in [3.05, 3.63) is 48.2 Å². The molecule has 17 heavy (non-hydrogen) atoms. The molecule has 0 amide bonds. The number of furan rings is 1. The van der Waals surface area contributed by atoms with Gasteiger partial charge >= 0.3 is 5.97 Å². The van der Waals surface area contributed by atoms with E-state index in [9.17, 15) is 4.79 Å². The van der Waals surface area contributed by atoms with Crippen molar-refractivity contribution < 1.29 is 14.3 Å². The fraction of sp³-hybridized carbons (Fsp3) is 0.154. The van der Waals surface area contributed by atoms with Gasteiger partial charge in [0.05, 0.1) is 6.42 Å². The zero-order chi connectivity index (χ0) is 12.1. The van der Waals surface area contributed by atoms with Crippen molar-refractivity contribution >= 4 is 17.7 Å². The molecule has 0 aliphatic heterocycles. The molecule has 0 saturated heterocycles. The molecule has 0 saturated carbocycles. The zero-order valence-electron chi connectivity index (χ0n) is 9.13. The summed E-state index contributed by atoms with van der Waals surface area (Å²) in [5.74, 6) is -0.0931. The molecular weight excluding hydrogens is 236 g/mol. The highest BCUT2D eigenvalue weighted by molar-refractivity contribution is 7.99. The maximum absolute atomic E-state index is 10.4. The van der Waals surface area contributed by atoms with E-state index in [1.54, 1.807) is 0 Å². The van der Waals surface area contributed by atoms with Crippen LogP contribution in [0.1, 0.15) is 12.2 Å². The summed E-state index contributed by atoms with van der Waals surface area (Å²) in [4.78, 5) is 11.5. The van der Waals surface area contributed by atoms with Crippen molar-refractivity contribution in [2.75, 3.05) is 0 Å². The van der Waals surface area contributed by atoms with E-state index >= 15 is 0 Å². The third-order valence-corrected chi connectivity index (χ3v) is 3.11. The Morgan fingerprint density at radius 3 is 2.65 bits per heavy atom. The van der Waals surface area contributed by atoms with Crippen LogP contribution >= 0.6 is 11.8 Å². The van der Waals surface area contributed by atoms with Crippen molar-refractivity contribution in [2.24, 2.45) is 0 Å². The smallest absolute Gasteiger partial charge is 0.303 e. The fourth-order valence-electron chi connectivity index (χ4n) is 1.38. The van der Waals surface area contributed by atoms with Gasteiger partial charge in [0.15, 0.2) is 5.09 Å². The second kappa shape index (κ2) is 5.59. The first kappa shape index (κ1) is 11.8. The van der Waals surface area contributed by atoms with E-state index in [2.05, 4.69) is 0 Å². The maximum atomic E-state index is 10.4. The highest BCUT2D eigenvalue weighted by Gasteiger charge is 2.05. The van der Waals surface area contributed by atoms with Gasteiger partial charge in [-0.15, -0.1) is 0 Å². The number of aryl methyl sites for hydroxylation is 1. The third kappa shape index (κ3) is 3.67. The number of benzene rings is 1. The number of aliphatic carboxylic acids is 1.